The zero-order valence-corrected chi connectivity index (χ0v) is 13.5. The van der Waals surface area contributed by atoms with Crippen molar-refractivity contribution < 1.29 is 4.74 Å². The fourth-order valence-electron chi connectivity index (χ4n) is 1.91. The van der Waals surface area contributed by atoms with E-state index in [0.29, 0.717) is 11.6 Å². The minimum Gasteiger partial charge on any atom is -0.486 e. The van der Waals surface area contributed by atoms with E-state index < -0.39 is 0 Å². The molecule has 0 amide bonds. The van der Waals surface area contributed by atoms with E-state index in [2.05, 4.69) is 24.9 Å². The van der Waals surface area contributed by atoms with Gasteiger partial charge in [-0.2, -0.15) is 0 Å². The SMILES string of the molecule is CCc1nc(COc2cccc(C)c2C)sc1C(N)=S. The van der Waals surface area contributed by atoms with Crippen molar-refractivity contribution in [3.63, 3.8) is 0 Å². The second-order valence-corrected chi connectivity index (χ2v) is 6.11. The van der Waals surface area contributed by atoms with Crippen LogP contribution in [0.1, 0.15) is 33.6 Å². The van der Waals surface area contributed by atoms with Gasteiger partial charge in [0.1, 0.15) is 22.4 Å². The van der Waals surface area contributed by atoms with Gasteiger partial charge < -0.3 is 10.5 Å². The summed E-state index contributed by atoms with van der Waals surface area (Å²) in [5.74, 6) is 0.898. The normalized spacial score (nSPS) is 10.6. The van der Waals surface area contributed by atoms with Crippen LogP contribution in [-0.4, -0.2) is 9.97 Å². The van der Waals surface area contributed by atoms with Crippen molar-refractivity contribution >= 4 is 28.5 Å². The van der Waals surface area contributed by atoms with Crippen molar-refractivity contribution in [3.05, 3.63) is 44.9 Å². The number of thiazole rings is 1. The molecule has 106 valence electrons. The lowest BCUT2D eigenvalue weighted by Crippen LogP contribution is -2.09. The van der Waals surface area contributed by atoms with Crippen LogP contribution in [0.25, 0.3) is 0 Å². The molecule has 0 saturated heterocycles. The Morgan fingerprint density at radius 2 is 2.15 bits per heavy atom. The molecule has 5 heteroatoms. The standard InChI is InChI=1S/C15H18N2OS2/c1-4-11-14(15(16)19)20-13(17-11)8-18-12-7-5-6-9(2)10(12)3/h5-7H,4,8H2,1-3H3,(H2,16,19). The molecule has 0 saturated carbocycles. The van der Waals surface area contributed by atoms with Crippen molar-refractivity contribution in [2.24, 2.45) is 5.73 Å². The van der Waals surface area contributed by atoms with Gasteiger partial charge in [-0.15, -0.1) is 11.3 Å². The molecule has 0 aliphatic rings. The van der Waals surface area contributed by atoms with E-state index in [1.165, 1.54) is 16.9 Å². The molecule has 0 atom stereocenters. The van der Waals surface area contributed by atoms with E-state index >= 15 is 0 Å². The van der Waals surface area contributed by atoms with Gasteiger partial charge in [0.15, 0.2) is 0 Å². The Labute approximate surface area is 128 Å². The highest BCUT2D eigenvalue weighted by Crippen LogP contribution is 2.24. The number of thiocarbonyl (C=S) groups is 1. The maximum atomic E-state index is 5.86. The summed E-state index contributed by atoms with van der Waals surface area (Å²) in [6.45, 7) is 6.63. The fraction of sp³-hybridized carbons (Fsp3) is 0.333. The molecule has 0 spiro atoms. The second kappa shape index (κ2) is 6.33. The molecule has 0 radical (unpaired) electrons. The van der Waals surface area contributed by atoms with Crippen LogP contribution in [-0.2, 0) is 13.0 Å². The minimum atomic E-state index is 0.414. The van der Waals surface area contributed by atoms with Crippen LogP contribution in [0, 0.1) is 13.8 Å². The van der Waals surface area contributed by atoms with Crippen molar-refractivity contribution in [1.82, 2.24) is 4.98 Å². The molecule has 3 nitrogen and oxygen atoms in total. The summed E-state index contributed by atoms with van der Waals surface area (Å²) < 4.78 is 5.86. The van der Waals surface area contributed by atoms with Crippen LogP contribution in [0.2, 0.25) is 0 Å². The predicted octanol–water partition coefficient (Wildman–Crippen LogP) is 3.54. The van der Waals surface area contributed by atoms with Gasteiger partial charge in [-0.1, -0.05) is 31.3 Å². The Bertz CT molecular complexity index is 635. The van der Waals surface area contributed by atoms with Crippen LogP contribution < -0.4 is 10.5 Å². The molecule has 0 bridgehead atoms. The number of hydrogen-bond acceptors (Lipinski definition) is 4. The van der Waals surface area contributed by atoms with Crippen molar-refractivity contribution in [2.75, 3.05) is 0 Å². The highest BCUT2D eigenvalue weighted by atomic mass is 32.1. The third-order valence-corrected chi connectivity index (χ3v) is 4.64. The highest BCUT2D eigenvalue weighted by Gasteiger charge is 2.12. The average molecular weight is 306 g/mol. The molecule has 0 aliphatic heterocycles. The van der Waals surface area contributed by atoms with Gasteiger partial charge >= 0.3 is 0 Å². The van der Waals surface area contributed by atoms with Gasteiger partial charge in [0.05, 0.1) is 10.6 Å². The Kier molecular flexibility index (Phi) is 4.73. The Morgan fingerprint density at radius 3 is 2.75 bits per heavy atom. The van der Waals surface area contributed by atoms with Crippen molar-refractivity contribution in [3.8, 4) is 5.75 Å². The molecular formula is C15H18N2OS2. The molecule has 0 fully saturated rings. The van der Waals surface area contributed by atoms with Crippen molar-refractivity contribution in [2.45, 2.75) is 33.8 Å². The smallest absolute Gasteiger partial charge is 0.140 e. The lowest BCUT2D eigenvalue weighted by Gasteiger charge is -2.09. The van der Waals surface area contributed by atoms with E-state index in [9.17, 15) is 0 Å². The zero-order valence-electron chi connectivity index (χ0n) is 11.9. The van der Waals surface area contributed by atoms with Gasteiger partial charge in [-0.25, -0.2) is 4.98 Å². The molecule has 1 aromatic heterocycles. The largest absolute Gasteiger partial charge is 0.486 e. The summed E-state index contributed by atoms with van der Waals surface area (Å²) in [5, 5.41) is 0.908. The number of benzene rings is 1. The van der Waals surface area contributed by atoms with E-state index in [1.807, 2.05) is 19.1 Å². The lowest BCUT2D eigenvalue weighted by atomic mass is 10.1. The quantitative estimate of drug-likeness (QED) is 0.858. The highest BCUT2D eigenvalue weighted by molar-refractivity contribution is 7.81. The number of nitrogens with zero attached hydrogens (tertiary/aromatic N) is 1. The number of ether oxygens (including phenoxy) is 1. The Hall–Kier alpha value is -1.46. The Morgan fingerprint density at radius 1 is 1.40 bits per heavy atom. The summed E-state index contributed by atoms with van der Waals surface area (Å²) in [4.78, 5) is 5.86. The molecule has 2 N–H and O–H groups in total. The van der Waals surface area contributed by atoms with Crippen LogP contribution >= 0.6 is 23.6 Å². The summed E-state index contributed by atoms with van der Waals surface area (Å²) in [6.07, 6.45) is 0.826. The summed E-state index contributed by atoms with van der Waals surface area (Å²) >= 11 is 6.57. The molecule has 0 unspecified atom stereocenters. The van der Waals surface area contributed by atoms with E-state index in [1.54, 1.807) is 0 Å². The Balaban J connectivity index is 2.15. The maximum absolute atomic E-state index is 5.86. The number of aryl methyl sites for hydroxylation is 2. The second-order valence-electron chi connectivity index (χ2n) is 4.59. The van der Waals surface area contributed by atoms with Crippen LogP contribution in [0.15, 0.2) is 18.2 Å². The maximum Gasteiger partial charge on any atom is 0.140 e. The summed E-state index contributed by atoms with van der Waals surface area (Å²) in [5.41, 5.74) is 9.06. The first-order chi connectivity index (χ1) is 9.52. The third kappa shape index (κ3) is 3.16. The lowest BCUT2D eigenvalue weighted by molar-refractivity contribution is 0.303. The summed E-state index contributed by atoms with van der Waals surface area (Å²) in [6, 6.07) is 6.05. The van der Waals surface area contributed by atoms with Crippen LogP contribution in [0.4, 0.5) is 0 Å². The number of hydrogen-bond donors (Lipinski definition) is 1. The first-order valence-electron chi connectivity index (χ1n) is 6.50. The predicted molar refractivity (Wildman–Crippen MR) is 87.6 cm³/mol. The molecule has 0 aliphatic carbocycles. The number of nitrogens with two attached hydrogens (primary N) is 1. The first kappa shape index (κ1) is 14.9. The zero-order chi connectivity index (χ0) is 14.7. The molecule has 1 aromatic carbocycles. The van der Waals surface area contributed by atoms with E-state index in [4.69, 9.17) is 22.7 Å². The van der Waals surface area contributed by atoms with Crippen LogP contribution in [0.3, 0.4) is 0 Å². The minimum absolute atomic E-state index is 0.414. The topological polar surface area (TPSA) is 48.1 Å². The fourth-order valence-corrected chi connectivity index (χ4v) is 3.08. The van der Waals surface area contributed by atoms with Crippen molar-refractivity contribution in [1.29, 1.82) is 0 Å². The van der Waals surface area contributed by atoms with Crippen LogP contribution in [0.5, 0.6) is 5.75 Å². The van der Waals surface area contributed by atoms with E-state index in [-0.39, 0.29) is 0 Å². The van der Waals surface area contributed by atoms with E-state index in [0.717, 1.165) is 33.3 Å². The molecular weight excluding hydrogens is 288 g/mol. The molecule has 2 rings (SSSR count). The first-order valence-corrected chi connectivity index (χ1v) is 7.72. The van der Waals surface area contributed by atoms with Gasteiger partial charge in [-0.3, -0.25) is 0 Å². The summed E-state index contributed by atoms with van der Waals surface area (Å²) in [7, 11) is 0. The van der Waals surface area contributed by atoms with Gasteiger partial charge in [0.2, 0.25) is 0 Å². The molecule has 1 heterocycles. The molecule has 2 aromatic rings. The average Bonchev–Trinajstić information content (AvgIpc) is 2.84. The number of rotatable bonds is 5. The monoisotopic (exact) mass is 306 g/mol. The molecule has 20 heavy (non-hydrogen) atoms. The van der Waals surface area contributed by atoms with Gasteiger partial charge in [0.25, 0.3) is 0 Å². The third-order valence-electron chi connectivity index (χ3n) is 3.21. The van der Waals surface area contributed by atoms with Gasteiger partial charge in [-0.05, 0) is 37.5 Å². The number of aromatic nitrogens is 1. The van der Waals surface area contributed by atoms with Gasteiger partial charge in [0, 0.05) is 0 Å².